The van der Waals surface area contributed by atoms with Gasteiger partial charge in [-0.05, 0) is 36.4 Å². The maximum atomic E-state index is 12.1. The molecule has 1 aromatic carbocycles. The van der Waals surface area contributed by atoms with Gasteiger partial charge in [-0.25, -0.2) is 4.98 Å². The number of pyridine rings is 1. The third-order valence-corrected chi connectivity index (χ3v) is 3.80. The maximum Gasteiger partial charge on any atom is 0.387 e. The Morgan fingerprint density at radius 2 is 1.83 bits per heavy atom. The zero-order chi connectivity index (χ0) is 16.9. The van der Waals surface area contributed by atoms with E-state index in [1.165, 1.54) is 35.6 Å². The number of ether oxygens (including phenoxy) is 1. The summed E-state index contributed by atoms with van der Waals surface area (Å²) in [6.07, 6.45) is 3.33. The zero-order valence-electron chi connectivity index (χ0n) is 12.1. The van der Waals surface area contributed by atoms with Crippen LogP contribution in [-0.4, -0.2) is 22.5 Å². The van der Waals surface area contributed by atoms with Crippen LogP contribution in [-0.2, 0) is 0 Å². The Bertz CT molecular complexity index is 823. The fourth-order valence-corrected chi connectivity index (χ4v) is 2.66. The Hall–Kier alpha value is -2.87. The molecule has 8 heteroatoms. The van der Waals surface area contributed by atoms with Crippen molar-refractivity contribution in [3.63, 3.8) is 0 Å². The molecule has 0 aliphatic heterocycles. The number of hydrogen-bond acceptors (Lipinski definition) is 5. The molecule has 0 radical (unpaired) electrons. The van der Waals surface area contributed by atoms with Crippen LogP contribution in [0.15, 0.2) is 54.2 Å². The minimum absolute atomic E-state index is 0.00391. The molecule has 0 bridgehead atoms. The quantitative estimate of drug-likeness (QED) is 0.756. The highest BCUT2D eigenvalue weighted by Crippen LogP contribution is 2.25. The molecule has 122 valence electrons. The van der Waals surface area contributed by atoms with Gasteiger partial charge in [-0.1, -0.05) is 0 Å². The van der Waals surface area contributed by atoms with Crippen LogP contribution in [0, 0.1) is 0 Å². The van der Waals surface area contributed by atoms with Crippen LogP contribution in [0.4, 0.5) is 13.9 Å². The lowest BCUT2D eigenvalue weighted by Gasteiger charge is -2.05. The van der Waals surface area contributed by atoms with E-state index in [0.717, 1.165) is 11.3 Å². The summed E-state index contributed by atoms with van der Waals surface area (Å²) in [5, 5.41) is 4.94. The number of aromatic nitrogens is 2. The molecule has 5 nitrogen and oxygen atoms in total. The van der Waals surface area contributed by atoms with Crippen molar-refractivity contribution in [2.45, 2.75) is 6.61 Å². The summed E-state index contributed by atoms with van der Waals surface area (Å²) in [4.78, 5) is 20.4. The summed E-state index contributed by atoms with van der Waals surface area (Å²) in [6, 6.07) is 9.08. The van der Waals surface area contributed by atoms with Gasteiger partial charge in [-0.2, -0.15) is 8.78 Å². The van der Waals surface area contributed by atoms with Gasteiger partial charge in [0.25, 0.3) is 5.91 Å². The van der Waals surface area contributed by atoms with E-state index in [-0.39, 0.29) is 11.7 Å². The number of carbonyl (C=O) groups is 1. The normalized spacial score (nSPS) is 10.6. The summed E-state index contributed by atoms with van der Waals surface area (Å²) >= 11 is 1.29. The van der Waals surface area contributed by atoms with Gasteiger partial charge in [0, 0.05) is 28.9 Å². The van der Waals surface area contributed by atoms with Gasteiger partial charge < -0.3 is 4.74 Å². The van der Waals surface area contributed by atoms with Crippen LogP contribution in [0.1, 0.15) is 10.4 Å². The number of nitrogens with one attached hydrogen (secondary N) is 1. The Morgan fingerprint density at radius 3 is 2.50 bits per heavy atom. The van der Waals surface area contributed by atoms with E-state index in [1.54, 1.807) is 12.4 Å². The molecule has 24 heavy (non-hydrogen) atoms. The highest BCUT2D eigenvalue weighted by Gasteiger charge is 2.11. The van der Waals surface area contributed by atoms with Gasteiger partial charge in [0.05, 0.1) is 5.69 Å². The molecule has 0 atom stereocenters. The largest absolute Gasteiger partial charge is 0.435 e. The smallest absolute Gasteiger partial charge is 0.387 e. The molecule has 0 spiro atoms. The second-order valence-corrected chi connectivity index (χ2v) is 5.49. The van der Waals surface area contributed by atoms with Crippen LogP contribution in [0.3, 0.4) is 0 Å². The van der Waals surface area contributed by atoms with Crippen molar-refractivity contribution in [2.75, 3.05) is 5.32 Å². The summed E-state index contributed by atoms with van der Waals surface area (Å²) in [5.74, 6) is -0.384. The second-order valence-electron chi connectivity index (χ2n) is 4.63. The molecule has 0 unspecified atom stereocenters. The van der Waals surface area contributed by atoms with Crippen molar-refractivity contribution in [1.82, 2.24) is 9.97 Å². The van der Waals surface area contributed by atoms with Crippen LogP contribution in [0.2, 0.25) is 0 Å². The highest BCUT2D eigenvalue weighted by atomic mass is 32.1. The summed E-state index contributed by atoms with van der Waals surface area (Å²) < 4.78 is 28.4. The number of amides is 1. The van der Waals surface area contributed by atoms with Gasteiger partial charge >= 0.3 is 6.61 Å². The first kappa shape index (κ1) is 16.0. The number of alkyl halides is 2. The average Bonchev–Trinajstić information content (AvgIpc) is 3.04. The second kappa shape index (κ2) is 7.14. The first-order chi connectivity index (χ1) is 11.6. The van der Waals surface area contributed by atoms with Gasteiger partial charge in [0.1, 0.15) is 5.75 Å². The van der Waals surface area contributed by atoms with Crippen molar-refractivity contribution >= 4 is 22.4 Å². The molecule has 0 aliphatic carbocycles. The van der Waals surface area contributed by atoms with Gasteiger partial charge in [-0.15, -0.1) is 11.3 Å². The molecule has 2 heterocycles. The predicted octanol–water partition coefficient (Wildman–Crippen LogP) is 4.06. The molecule has 1 N–H and O–H groups in total. The SMILES string of the molecule is O=C(Nc1nc(-c2ccncc2)cs1)c1ccc(OC(F)F)cc1. The number of anilines is 1. The first-order valence-electron chi connectivity index (χ1n) is 6.84. The highest BCUT2D eigenvalue weighted by molar-refractivity contribution is 7.14. The van der Waals surface area contributed by atoms with Crippen molar-refractivity contribution in [2.24, 2.45) is 0 Å². The maximum absolute atomic E-state index is 12.1. The van der Waals surface area contributed by atoms with Gasteiger partial charge in [0.15, 0.2) is 5.13 Å². The minimum Gasteiger partial charge on any atom is -0.435 e. The number of halogens is 2. The van der Waals surface area contributed by atoms with E-state index in [0.29, 0.717) is 10.7 Å². The Labute approximate surface area is 140 Å². The van der Waals surface area contributed by atoms with E-state index in [4.69, 9.17) is 0 Å². The van der Waals surface area contributed by atoms with Crippen molar-refractivity contribution in [1.29, 1.82) is 0 Å². The lowest BCUT2D eigenvalue weighted by molar-refractivity contribution is -0.0498. The number of benzene rings is 1. The molecule has 0 saturated carbocycles. The molecule has 1 amide bonds. The first-order valence-corrected chi connectivity index (χ1v) is 7.72. The molecule has 3 aromatic rings. The Morgan fingerprint density at radius 1 is 1.12 bits per heavy atom. The number of thiazole rings is 1. The van der Waals surface area contributed by atoms with Gasteiger partial charge in [-0.3, -0.25) is 15.1 Å². The van der Waals surface area contributed by atoms with Crippen LogP contribution in [0.5, 0.6) is 5.75 Å². The lowest BCUT2D eigenvalue weighted by Crippen LogP contribution is -2.11. The fraction of sp³-hybridized carbons (Fsp3) is 0.0625. The van der Waals surface area contributed by atoms with E-state index in [9.17, 15) is 13.6 Å². The number of hydrogen-bond donors (Lipinski definition) is 1. The van der Waals surface area contributed by atoms with Crippen LogP contribution in [0.25, 0.3) is 11.3 Å². The number of rotatable bonds is 5. The average molecular weight is 347 g/mol. The molecular weight excluding hydrogens is 336 g/mol. The van der Waals surface area contributed by atoms with E-state index in [2.05, 4.69) is 20.0 Å². The van der Waals surface area contributed by atoms with Crippen LogP contribution < -0.4 is 10.1 Å². The molecule has 0 aliphatic rings. The summed E-state index contributed by atoms with van der Waals surface area (Å²) in [5.41, 5.74) is 1.95. The Balaban J connectivity index is 1.68. The van der Waals surface area contributed by atoms with Crippen molar-refractivity contribution in [3.05, 3.63) is 59.7 Å². The van der Waals surface area contributed by atoms with E-state index < -0.39 is 6.61 Å². The standard InChI is InChI=1S/C16H11F2N3O2S/c17-15(18)23-12-3-1-11(2-4-12)14(22)21-16-20-13(9-24-16)10-5-7-19-8-6-10/h1-9,15H,(H,20,21,22). The number of carbonyl (C=O) groups excluding carboxylic acids is 1. The third kappa shape index (κ3) is 3.90. The zero-order valence-corrected chi connectivity index (χ0v) is 13.0. The fourth-order valence-electron chi connectivity index (χ4n) is 1.94. The van der Waals surface area contributed by atoms with Crippen molar-refractivity contribution < 1.29 is 18.3 Å². The predicted molar refractivity (Wildman–Crippen MR) is 86.4 cm³/mol. The van der Waals surface area contributed by atoms with Crippen molar-refractivity contribution in [3.8, 4) is 17.0 Å². The van der Waals surface area contributed by atoms with E-state index >= 15 is 0 Å². The van der Waals surface area contributed by atoms with Crippen LogP contribution >= 0.6 is 11.3 Å². The van der Waals surface area contributed by atoms with E-state index in [1.807, 2.05) is 17.5 Å². The lowest BCUT2D eigenvalue weighted by atomic mass is 10.2. The summed E-state index contributed by atoms with van der Waals surface area (Å²) in [7, 11) is 0. The molecule has 2 aromatic heterocycles. The monoisotopic (exact) mass is 347 g/mol. The van der Waals surface area contributed by atoms with Gasteiger partial charge in [0.2, 0.25) is 0 Å². The minimum atomic E-state index is -2.90. The molecule has 3 rings (SSSR count). The third-order valence-electron chi connectivity index (χ3n) is 3.04. The molecule has 0 saturated heterocycles. The number of nitrogens with zero attached hydrogens (tertiary/aromatic N) is 2. The topological polar surface area (TPSA) is 64.1 Å². The Kier molecular flexibility index (Phi) is 4.76. The summed E-state index contributed by atoms with van der Waals surface area (Å²) in [6.45, 7) is -2.90. The molecular formula is C16H11F2N3O2S. The molecule has 0 fully saturated rings.